The molecule has 0 spiro atoms. The van der Waals surface area contributed by atoms with E-state index in [-0.39, 0.29) is 11.8 Å². The molecule has 0 aliphatic rings. The molecule has 1 atom stereocenters. The third-order valence-corrected chi connectivity index (χ3v) is 2.39. The summed E-state index contributed by atoms with van der Waals surface area (Å²) < 4.78 is 11.8. The van der Waals surface area contributed by atoms with Crippen LogP contribution in [-0.4, -0.2) is 17.8 Å². The predicted octanol–water partition coefficient (Wildman–Crippen LogP) is 2.17. The molecule has 0 saturated carbocycles. The van der Waals surface area contributed by atoms with Crippen LogP contribution in [0.4, 0.5) is 0 Å². The predicted molar refractivity (Wildman–Crippen MR) is 62.3 cm³/mol. The summed E-state index contributed by atoms with van der Waals surface area (Å²) >= 11 is 0. The van der Waals surface area contributed by atoms with Gasteiger partial charge in [-0.15, -0.1) is 0 Å². The molecule has 17 heavy (non-hydrogen) atoms. The van der Waals surface area contributed by atoms with E-state index in [4.69, 9.17) is 4.42 Å². The van der Waals surface area contributed by atoms with Crippen molar-refractivity contribution in [1.82, 2.24) is 4.68 Å². The first-order chi connectivity index (χ1) is 8.20. The van der Waals surface area contributed by atoms with Crippen molar-refractivity contribution < 1.29 is 13.9 Å². The number of methoxy groups -OCH3 is 1. The molecule has 0 saturated heterocycles. The van der Waals surface area contributed by atoms with Gasteiger partial charge in [-0.05, 0) is 31.2 Å². The smallest absolute Gasteiger partial charge is 0.373 e. The Morgan fingerprint density at radius 1 is 1.41 bits per heavy atom. The standard InChI is InChI=1S/C12H14N2O3/c1-9(13-14-7-3-4-8-14)10-5-6-11(17-10)12(15)16-2/h3-9,13H,1-2H3. The summed E-state index contributed by atoms with van der Waals surface area (Å²) in [5.41, 5.74) is 3.18. The third-order valence-electron chi connectivity index (χ3n) is 2.39. The van der Waals surface area contributed by atoms with E-state index in [1.165, 1.54) is 7.11 Å². The van der Waals surface area contributed by atoms with Crippen molar-refractivity contribution in [1.29, 1.82) is 0 Å². The molecule has 0 fully saturated rings. The van der Waals surface area contributed by atoms with Gasteiger partial charge >= 0.3 is 5.97 Å². The topological polar surface area (TPSA) is 56.4 Å². The number of carbonyl (C=O) groups excluding carboxylic acids is 1. The minimum absolute atomic E-state index is 0.0409. The molecule has 2 aromatic rings. The van der Waals surface area contributed by atoms with E-state index in [1.807, 2.05) is 36.1 Å². The summed E-state index contributed by atoms with van der Waals surface area (Å²) in [6.07, 6.45) is 3.78. The van der Waals surface area contributed by atoms with Crippen molar-refractivity contribution in [2.24, 2.45) is 0 Å². The van der Waals surface area contributed by atoms with Crippen LogP contribution in [0.1, 0.15) is 29.3 Å². The van der Waals surface area contributed by atoms with E-state index in [2.05, 4.69) is 10.2 Å². The Morgan fingerprint density at radius 2 is 2.12 bits per heavy atom. The van der Waals surface area contributed by atoms with Crippen LogP contribution in [0.2, 0.25) is 0 Å². The second-order valence-electron chi connectivity index (χ2n) is 3.63. The summed E-state index contributed by atoms with van der Waals surface area (Å²) in [5.74, 6) is 0.423. The molecular formula is C12H14N2O3. The molecule has 1 unspecified atom stereocenters. The fraction of sp³-hybridized carbons (Fsp3) is 0.250. The van der Waals surface area contributed by atoms with Crippen molar-refractivity contribution >= 4 is 5.97 Å². The first kappa shape index (κ1) is 11.3. The molecule has 0 aromatic carbocycles. The quantitative estimate of drug-likeness (QED) is 0.824. The van der Waals surface area contributed by atoms with Gasteiger partial charge in [0.2, 0.25) is 5.76 Å². The largest absolute Gasteiger partial charge is 0.463 e. The zero-order chi connectivity index (χ0) is 12.3. The third kappa shape index (κ3) is 2.50. The van der Waals surface area contributed by atoms with Gasteiger partial charge in [0.15, 0.2) is 0 Å². The average molecular weight is 234 g/mol. The van der Waals surface area contributed by atoms with E-state index >= 15 is 0 Å². The van der Waals surface area contributed by atoms with Crippen LogP contribution >= 0.6 is 0 Å². The van der Waals surface area contributed by atoms with Crippen LogP contribution in [0.25, 0.3) is 0 Å². The molecule has 0 bridgehead atoms. The molecule has 0 aliphatic carbocycles. The minimum atomic E-state index is -0.468. The normalized spacial score (nSPS) is 12.1. The Hall–Kier alpha value is -2.17. The molecule has 2 aromatic heterocycles. The highest BCUT2D eigenvalue weighted by molar-refractivity contribution is 5.86. The van der Waals surface area contributed by atoms with Gasteiger partial charge in [0.25, 0.3) is 0 Å². The molecule has 5 heteroatoms. The van der Waals surface area contributed by atoms with Crippen LogP contribution in [0, 0.1) is 0 Å². The molecule has 90 valence electrons. The number of hydrogen-bond acceptors (Lipinski definition) is 4. The maximum atomic E-state index is 11.2. The van der Waals surface area contributed by atoms with Crippen LogP contribution in [0.5, 0.6) is 0 Å². The fourth-order valence-corrected chi connectivity index (χ4v) is 1.50. The summed E-state index contributed by atoms with van der Waals surface area (Å²) in [6.45, 7) is 1.94. The monoisotopic (exact) mass is 234 g/mol. The molecule has 1 N–H and O–H groups in total. The lowest BCUT2D eigenvalue weighted by Crippen LogP contribution is -2.16. The average Bonchev–Trinajstić information content (AvgIpc) is 2.98. The van der Waals surface area contributed by atoms with Gasteiger partial charge in [0.1, 0.15) is 5.76 Å². The number of furan rings is 1. The number of nitrogens with zero attached hydrogens (tertiary/aromatic N) is 1. The van der Waals surface area contributed by atoms with Crippen LogP contribution in [-0.2, 0) is 4.74 Å². The lowest BCUT2D eigenvalue weighted by Gasteiger charge is -2.13. The number of carbonyl (C=O) groups is 1. The maximum absolute atomic E-state index is 11.2. The van der Waals surface area contributed by atoms with Crippen LogP contribution in [0.3, 0.4) is 0 Å². The van der Waals surface area contributed by atoms with Gasteiger partial charge in [-0.1, -0.05) is 0 Å². The van der Waals surface area contributed by atoms with Crippen LogP contribution in [0.15, 0.2) is 41.1 Å². The van der Waals surface area contributed by atoms with Gasteiger partial charge in [0, 0.05) is 12.4 Å². The second-order valence-corrected chi connectivity index (χ2v) is 3.63. The number of rotatable bonds is 4. The van der Waals surface area contributed by atoms with Crippen molar-refractivity contribution in [2.75, 3.05) is 12.5 Å². The number of ether oxygens (including phenoxy) is 1. The number of nitrogens with one attached hydrogen (secondary N) is 1. The van der Waals surface area contributed by atoms with Gasteiger partial charge in [-0.2, -0.15) is 0 Å². The first-order valence-electron chi connectivity index (χ1n) is 5.28. The van der Waals surface area contributed by atoms with E-state index in [9.17, 15) is 4.79 Å². The number of hydrogen-bond donors (Lipinski definition) is 1. The lowest BCUT2D eigenvalue weighted by molar-refractivity contribution is 0.0562. The molecule has 2 heterocycles. The first-order valence-corrected chi connectivity index (χ1v) is 5.28. The highest BCUT2D eigenvalue weighted by atomic mass is 16.5. The van der Waals surface area contributed by atoms with Crippen molar-refractivity contribution in [3.8, 4) is 0 Å². The highest BCUT2D eigenvalue weighted by Gasteiger charge is 2.14. The maximum Gasteiger partial charge on any atom is 0.373 e. The molecular weight excluding hydrogens is 220 g/mol. The molecule has 5 nitrogen and oxygen atoms in total. The van der Waals surface area contributed by atoms with E-state index in [0.29, 0.717) is 5.76 Å². The van der Waals surface area contributed by atoms with Gasteiger partial charge in [-0.25, -0.2) is 4.79 Å². The molecule has 0 aliphatic heterocycles. The van der Waals surface area contributed by atoms with Crippen molar-refractivity contribution in [3.63, 3.8) is 0 Å². The van der Waals surface area contributed by atoms with Gasteiger partial charge in [-0.3, -0.25) is 4.68 Å². The molecule has 2 rings (SSSR count). The summed E-state index contributed by atoms with van der Waals surface area (Å²) in [5, 5.41) is 0. The molecule has 0 radical (unpaired) electrons. The Kier molecular flexibility index (Phi) is 3.18. The summed E-state index contributed by atoms with van der Waals surface area (Å²) in [4.78, 5) is 11.2. The minimum Gasteiger partial charge on any atom is -0.463 e. The van der Waals surface area contributed by atoms with Gasteiger partial charge < -0.3 is 14.6 Å². The zero-order valence-corrected chi connectivity index (χ0v) is 9.71. The lowest BCUT2D eigenvalue weighted by atomic mass is 10.3. The SMILES string of the molecule is COC(=O)c1ccc(C(C)Nn2cccc2)o1. The Bertz CT molecular complexity index is 488. The van der Waals surface area contributed by atoms with Crippen LogP contribution < -0.4 is 5.43 Å². The summed E-state index contributed by atoms with van der Waals surface area (Å²) in [6, 6.07) is 7.16. The molecule has 0 amide bonds. The van der Waals surface area contributed by atoms with E-state index in [0.717, 1.165) is 0 Å². The second kappa shape index (κ2) is 4.78. The Labute approximate surface area is 99.0 Å². The number of aromatic nitrogens is 1. The Balaban J connectivity index is 2.07. The van der Waals surface area contributed by atoms with E-state index < -0.39 is 5.97 Å². The highest BCUT2D eigenvalue weighted by Crippen LogP contribution is 2.17. The van der Waals surface area contributed by atoms with Crippen molar-refractivity contribution in [2.45, 2.75) is 13.0 Å². The fourth-order valence-electron chi connectivity index (χ4n) is 1.50. The Morgan fingerprint density at radius 3 is 2.76 bits per heavy atom. The van der Waals surface area contributed by atoms with Gasteiger partial charge in [0.05, 0.1) is 13.2 Å². The summed E-state index contributed by atoms with van der Waals surface area (Å²) in [7, 11) is 1.33. The number of esters is 1. The zero-order valence-electron chi connectivity index (χ0n) is 9.71. The van der Waals surface area contributed by atoms with Crippen molar-refractivity contribution in [3.05, 3.63) is 48.2 Å². The van der Waals surface area contributed by atoms with E-state index in [1.54, 1.807) is 12.1 Å².